The van der Waals surface area contributed by atoms with Gasteiger partial charge in [-0.15, -0.1) is 11.3 Å². The largest absolute Gasteiger partial charge is 0.271 e. The molecule has 1 aromatic heterocycles. The lowest BCUT2D eigenvalue weighted by atomic mass is 9.86. The van der Waals surface area contributed by atoms with Gasteiger partial charge in [-0.2, -0.15) is 0 Å². The number of aryl methyl sites for hydroxylation is 1. The summed E-state index contributed by atoms with van der Waals surface area (Å²) in [5.41, 5.74) is 7.09. The van der Waals surface area contributed by atoms with Crippen molar-refractivity contribution in [2.24, 2.45) is 5.84 Å². The van der Waals surface area contributed by atoms with E-state index in [-0.39, 0.29) is 11.5 Å². The van der Waals surface area contributed by atoms with Gasteiger partial charge >= 0.3 is 0 Å². The molecule has 3 heteroatoms. The van der Waals surface area contributed by atoms with Gasteiger partial charge in [-0.25, -0.2) is 5.43 Å². The maximum Gasteiger partial charge on any atom is 0.0805 e. The van der Waals surface area contributed by atoms with E-state index >= 15 is 0 Å². The maximum absolute atomic E-state index is 5.80. The number of nitrogens with one attached hydrogen (secondary N) is 1. The molecule has 0 aliphatic heterocycles. The summed E-state index contributed by atoms with van der Waals surface area (Å²) in [5.74, 6) is 5.80. The average molecular weight is 288 g/mol. The Kier molecular flexibility index (Phi) is 4.63. The first kappa shape index (κ1) is 15.2. The number of nitrogens with two attached hydrogens (primary N) is 1. The van der Waals surface area contributed by atoms with E-state index < -0.39 is 0 Å². The zero-order chi connectivity index (χ0) is 14.8. The third-order valence-electron chi connectivity index (χ3n) is 3.70. The first-order valence-electron chi connectivity index (χ1n) is 7.10. The van der Waals surface area contributed by atoms with Crippen LogP contribution in [0.15, 0.2) is 35.7 Å². The van der Waals surface area contributed by atoms with Crippen molar-refractivity contribution in [3.8, 4) is 0 Å². The van der Waals surface area contributed by atoms with Crippen LogP contribution >= 0.6 is 11.3 Å². The van der Waals surface area contributed by atoms with Gasteiger partial charge in [0.1, 0.15) is 0 Å². The maximum atomic E-state index is 5.80. The molecule has 0 saturated heterocycles. The molecule has 108 valence electrons. The van der Waals surface area contributed by atoms with Crippen LogP contribution in [0.1, 0.15) is 55.3 Å². The molecule has 3 N–H and O–H groups in total. The molecule has 1 atom stereocenters. The van der Waals surface area contributed by atoms with Crippen molar-refractivity contribution in [3.63, 3.8) is 0 Å². The smallest absolute Gasteiger partial charge is 0.0805 e. The summed E-state index contributed by atoms with van der Waals surface area (Å²) in [6, 6.07) is 11.1. The highest BCUT2D eigenvalue weighted by Gasteiger charge is 2.18. The van der Waals surface area contributed by atoms with Crippen molar-refractivity contribution in [1.82, 2.24) is 5.43 Å². The summed E-state index contributed by atoms with van der Waals surface area (Å²) in [7, 11) is 0. The van der Waals surface area contributed by atoms with E-state index in [1.54, 1.807) is 11.3 Å². The van der Waals surface area contributed by atoms with E-state index in [0.717, 1.165) is 6.42 Å². The van der Waals surface area contributed by atoms with Gasteiger partial charge in [0.05, 0.1) is 6.04 Å². The van der Waals surface area contributed by atoms with E-state index in [9.17, 15) is 0 Å². The Morgan fingerprint density at radius 1 is 1.15 bits per heavy atom. The molecule has 20 heavy (non-hydrogen) atoms. The molecule has 0 saturated carbocycles. The standard InChI is InChI=1S/C17H24N2S/c1-5-12-10-11-20-16(12)15(19-18)13-6-8-14(9-7-13)17(2,3)4/h6-11,15,19H,5,18H2,1-4H3. The van der Waals surface area contributed by atoms with Gasteiger partial charge in [0.15, 0.2) is 0 Å². The van der Waals surface area contributed by atoms with E-state index in [4.69, 9.17) is 5.84 Å². The summed E-state index contributed by atoms with van der Waals surface area (Å²) < 4.78 is 0. The van der Waals surface area contributed by atoms with Crippen LogP contribution in [0.5, 0.6) is 0 Å². The van der Waals surface area contributed by atoms with Crippen LogP contribution in [0.3, 0.4) is 0 Å². The van der Waals surface area contributed by atoms with Crippen LogP contribution in [0.4, 0.5) is 0 Å². The molecule has 2 nitrogen and oxygen atoms in total. The fourth-order valence-electron chi connectivity index (χ4n) is 2.39. The second-order valence-electron chi connectivity index (χ2n) is 6.14. The lowest BCUT2D eigenvalue weighted by Crippen LogP contribution is -2.29. The van der Waals surface area contributed by atoms with Crippen molar-refractivity contribution in [1.29, 1.82) is 0 Å². The van der Waals surface area contributed by atoms with Crippen LogP contribution in [0.2, 0.25) is 0 Å². The predicted octanol–water partition coefficient (Wildman–Crippen LogP) is 4.16. The van der Waals surface area contributed by atoms with Crippen LogP contribution in [0, 0.1) is 0 Å². The topological polar surface area (TPSA) is 38.0 Å². The van der Waals surface area contributed by atoms with Crippen LogP contribution in [0.25, 0.3) is 0 Å². The second kappa shape index (κ2) is 6.08. The van der Waals surface area contributed by atoms with Crippen molar-refractivity contribution in [2.45, 2.75) is 45.6 Å². The summed E-state index contributed by atoms with van der Waals surface area (Å²) in [6.45, 7) is 8.88. The Hall–Kier alpha value is -1.16. The summed E-state index contributed by atoms with van der Waals surface area (Å²) >= 11 is 1.77. The van der Waals surface area contributed by atoms with Gasteiger partial charge in [0.25, 0.3) is 0 Å². The predicted molar refractivity (Wildman–Crippen MR) is 88.0 cm³/mol. The molecule has 0 radical (unpaired) electrons. The van der Waals surface area contributed by atoms with Crippen LogP contribution in [-0.2, 0) is 11.8 Å². The van der Waals surface area contributed by atoms with Crippen molar-refractivity contribution >= 4 is 11.3 Å². The second-order valence-corrected chi connectivity index (χ2v) is 7.08. The van der Waals surface area contributed by atoms with Gasteiger partial charge in [-0.05, 0) is 40.0 Å². The van der Waals surface area contributed by atoms with Crippen molar-refractivity contribution in [2.75, 3.05) is 0 Å². The van der Waals surface area contributed by atoms with Crippen molar-refractivity contribution in [3.05, 3.63) is 57.3 Å². The van der Waals surface area contributed by atoms with Gasteiger partial charge in [-0.3, -0.25) is 5.84 Å². The Morgan fingerprint density at radius 3 is 2.30 bits per heavy atom. The summed E-state index contributed by atoms with van der Waals surface area (Å²) in [6.07, 6.45) is 1.04. The molecule has 0 spiro atoms. The zero-order valence-electron chi connectivity index (χ0n) is 12.7. The molecular weight excluding hydrogens is 264 g/mol. The van der Waals surface area contributed by atoms with Gasteiger partial charge < -0.3 is 0 Å². The SMILES string of the molecule is CCc1ccsc1C(NN)c1ccc(C(C)(C)C)cc1. The number of hydrazine groups is 1. The summed E-state index contributed by atoms with van der Waals surface area (Å²) in [5, 5.41) is 2.14. The highest BCUT2D eigenvalue weighted by molar-refractivity contribution is 7.10. The number of benzene rings is 1. The van der Waals surface area contributed by atoms with Gasteiger partial charge in [-0.1, -0.05) is 52.0 Å². The molecule has 0 amide bonds. The molecular formula is C17H24N2S. The van der Waals surface area contributed by atoms with Gasteiger partial charge in [0.2, 0.25) is 0 Å². The quantitative estimate of drug-likeness (QED) is 0.655. The monoisotopic (exact) mass is 288 g/mol. The minimum absolute atomic E-state index is 0.0824. The molecule has 1 aromatic carbocycles. The molecule has 0 aliphatic rings. The molecule has 0 fully saturated rings. The van der Waals surface area contributed by atoms with Crippen molar-refractivity contribution < 1.29 is 0 Å². The molecule has 2 rings (SSSR count). The molecule has 0 aliphatic carbocycles. The first-order valence-corrected chi connectivity index (χ1v) is 7.98. The number of hydrogen-bond donors (Lipinski definition) is 2. The van der Waals surface area contributed by atoms with E-state index in [2.05, 4.69) is 68.8 Å². The molecule has 2 aromatic rings. The lowest BCUT2D eigenvalue weighted by Gasteiger charge is -2.21. The molecule has 0 bridgehead atoms. The van der Waals surface area contributed by atoms with Crippen LogP contribution in [-0.4, -0.2) is 0 Å². The highest BCUT2D eigenvalue weighted by Crippen LogP contribution is 2.31. The molecule has 1 unspecified atom stereocenters. The fourth-order valence-corrected chi connectivity index (χ4v) is 3.47. The number of thiophene rings is 1. The Balaban J connectivity index is 2.33. The number of rotatable bonds is 4. The highest BCUT2D eigenvalue weighted by atomic mass is 32.1. The third-order valence-corrected chi connectivity index (χ3v) is 4.72. The fraction of sp³-hybridized carbons (Fsp3) is 0.412. The average Bonchev–Trinajstić information content (AvgIpc) is 2.87. The minimum Gasteiger partial charge on any atom is -0.271 e. The van der Waals surface area contributed by atoms with E-state index in [1.807, 2.05) is 0 Å². The minimum atomic E-state index is 0.0824. The Morgan fingerprint density at radius 2 is 1.80 bits per heavy atom. The third kappa shape index (κ3) is 3.11. The Bertz CT molecular complexity index is 549. The van der Waals surface area contributed by atoms with Crippen LogP contribution < -0.4 is 11.3 Å². The Labute approximate surface area is 126 Å². The lowest BCUT2D eigenvalue weighted by molar-refractivity contribution is 0.588. The van der Waals surface area contributed by atoms with E-state index in [1.165, 1.54) is 21.6 Å². The van der Waals surface area contributed by atoms with Gasteiger partial charge in [0, 0.05) is 4.88 Å². The zero-order valence-corrected chi connectivity index (χ0v) is 13.6. The van der Waals surface area contributed by atoms with E-state index in [0.29, 0.717) is 0 Å². The first-order chi connectivity index (χ1) is 9.47. The molecule has 1 heterocycles. The summed E-state index contributed by atoms with van der Waals surface area (Å²) in [4.78, 5) is 1.32. The number of hydrogen-bond acceptors (Lipinski definition) is 3. The normalized spacial score (nSPS) is 13.4.